The predicted molar refractivity (Wildman–Crippen MR) is 80.7 cm³/mol. The fourth-order valence-electron chi connectivity index (χ4n) is 1.49. The number of benzene rings is 1. The van der Waals surface area contributed by atoms with E-state index in [1.54, 1.807) is 0 Å². The lowest BCUT2D eigenvalue weighted by Gasteiger charge is -2.10. The van der Waals surface area contributed by atoms with Crippen LogP contribution >= 0.6 is 31.9 Å². The van der Waals surface area contributed by atoms with Crippen LogP contribution in [0.4, 0.5) is 11.6 Å². The fourth-order valence-corrected chi connectivity index (χ4v) is 2.46. The third kappa shape index (κ3) is 3.00. The Hall–Kier alpha value is -1.14. The van der Waals surface area contributed by atoms with E-state index < -0.39 is 0 Å². The number of aromatic nitrogens is 2. The number of nitrogens with one attached hydrogen (secondary N) is 2. The number of anilines is 2. The summed E-state index contributed by atoms with van der Waals surface area (Å²) in [5.41, 5.74) is 1.18. The topological polar surface area (TPSA) is 49.8 Å². The number of halogens is 2. The fraction of sp³-hybridized carbons (Fsp3) is 0.167. The Morgan fingerprint density at radius 3 is 2.56 bits per heavy atom. The van der Waals surface area contributed by atoms with Crippen LogP contribution in [0.3, 0.4) is 0 Å². The van der Waals surface area contributed by atoms with Crippen LogP contribution in [0.15, 0.2) is 39.5 Å². The highest BCUT2D eigenvalue weighted by molar-refractivity contribution is 9.11. The summed E-state index contributed by atoms with van der Waals surface area (Å²) in [6.07, 6.45) is 1.53. The second-order valence-corrected chi connectivity index (χ2v) is 5.23. The second-order valence-electron chi connectivity index (χ2n) is 3.58. The van der Waals surface area contributed by atoms with E-state index in [1.807, 2.05) is 25.2 Å². The van der Waals surface area contributed by atoms with E-state index in [1.165, 1.54) is 11.9 Å². The van der Waals surface area contributed by atoms with Gasteiger partial charge in [0.15, 0.2) is 0 Å². The molecule has 0 atom stereocenters. The van der Waals surface area contributed by atoms with Crippen LogP contribution in [0.1, 0.15) is 5.56 Å². The van der Waals surface area contributed by atoms with Crippen molar-refractivity contribution in [3.05, 3.63) is 45.1 Å². The lowest BCUT2D eigenvalue weighted by molar-refractivity contribution is 1.06. The van der Waals surface area contributed by atoms with Gasteiger partial charge in [-0.25, -0.2) is 9.97 Å². The van der Waals surface area contributed by atoms with Gasteiger partial charge in [0.05, 0.1) is 0 Å². The molecule has 1 heterocycles. The van der Waals surface area contributed by atoms with Crippen molar-refractivity contribution >= 4 is 43.5 Å². The molecule has 2 N–H and O–H groups in total. The Balaban J connectivity index is 2.14. The van der Waals surface area contributed by atoms with Crippen molar-refractivity contribution in [2.45, 2.75) is 6.54 Å². The van der Waals surface area contributed by atoms with Gasteiger partial charge < -0.3 is 10.6 Å². The van der Waals surface area contributed by atoms with Crippen molar-refractivity contribution in [3.63, 3.8) is 0 Å². The zero-order valence-corrected chi connectivity index (χ0v) is 12.9. The minimum absolute atomic E-state index is 0.695. The van der Waals surface area contributed by atoms with E-state index in [0.717, 1.165) is 20.6 Å². The number of nitrogens with zero attached hydrogens (tertiary/aromatic N) is 2. The molecule has 0 fully saturated rings. The van der Waals surface area contributed by atoms with Gasteiger partial charge in [0.2, 0.25) is 0 Å². The molecule has 1 aromatic heterocycles. The minimum Gasteiger partial charge on any atom is -0.372 e. The molecule has 0 spiro atoms. The summed E-state index contributed by atoms with van der Waals surface area (Å²) in [5.74, 6) is 1.53. The molecule has 94 valence electrons. The third-order valence-corrected chi connectivity index (χ3v) is 3.96. The maximum absolute atomic E-state index is 4.21. The predicted octanol–water partition coefficient (Wildman–Crippen LogP) is 3.66. The summed E-state index contributed by atoms with van der Waals surface area (Å²) >= 11 is 6.99. The van der Waals surface area contributed by atoms with Crippen LogP contribution < -0.4 is 10.6 Å². The summed E-state index contributed by atoms with van der Waals surface area (Å²) in [6.45, 7) is 0.695. The lowest BCUT2D eigenvalue weighted by atomic mass is 10.2. The van der Waals surface area contributed by atoms with Gasteiger partial charge in [0.1, 0.15) is 22.4 Å². The van der Waals surface area contributed by atoms with E-state index in [2.05, 4.69) is 58.5 Å². The largest absolute Gasteiger partial charge is 0.372 e. The molecule has 2 rings (SSSR count). The molecule has 0 radical (unpaired) electrons. The second kappa shape index (κ2) is 6.15. The number of rotatable bonds is 4. The van der Waals surface area contributed by atoms with Gasteiger partial charge in [-0.1, -0.05) is 34.1 Å². The van der Waals surface area contributed by atoms with Gasteiger partial charge in [-0.05, 0) is 27.6 Å². The van der Waals surface area contributed by atoms with Crippen molar-refractivity contribution in [1.82, 2.24) is 9.97 Å². The van der Waals surface area contributed by atoms with E-state index in [9.17, 15) is 0 Å². The summed E-state index contributed by atoms with van der Waals surface area (Å²) in [5, 5.41) is 6.27. The first-order valence-electron chi connectivity index (χ1n) is 5.38. The van der Waals surface area contributed by atoms with Gasteiger partial charge in [0.25, 0.3) is 0 Å². The van der Waals surface area contributed by atoms with Crippen LogP contribution in [0, 0.1) is 0 Å². The summed E-state index contributed by atoms with van der Waals surface area (Å²) in [4.78, 5) is 8.32. The molecule has 0 saturated heterocycles. The van der Waals surface area contributed by atoms with Crippen LogP contribution in [-0.4, -0.2) is 17.0 Å². The Kier molecular flexibility index (Phi) is 4.54. The van der Waals surface area contributed by atoms with E-state index in [0.29, 0.717) is 6.54 Å². The van der Waals surface area contributed by atoms with Crippen molar-refractivity contribution in [1.29, 1.82) is 0 Å². The molecule has 0 aliphatic heterocycles. The minimum atomic E-state index is 0.695. The Bertz CT molecular complexity index is 545. The third-order valence-electron chi connectivity index (χ3n) is 2.43. The molecule has 0 aliphatic rings. The average Bonchev–Trinajstić information content (AvgIpc) is 2.39. The molecule has 2 aromatic rings. The van der Waals surface area contributed by atoms with Crippen LogP contribution in [-0.2, 0) is 6.54 Å². The van der Waals surface area contributed by atoms with Crippen molar-refractivity contribution in [3.8, 4) is 0 Å². The van der Waals surface area contributed by atoms with Crippen LogP contribution in [0.2, 0.25) is 0 Å². The highest BCUT2D eigenvalue weighted by Gasteiger charge is 2.07. The van der Waals surface area contributed by atoms with Gasteiger partial charge in [-0.3, -0.25) is 0 Å². The molecule has 0 bridgehead atoms. The van der Waals surface area contributed by atoms with Crippen LogP contribution in [0.5, 0.6) is 0 Å². The van der Waals surface area contributed by atoms with Crippen molar-refractivity contribution in [2.24, 2.45) is 0 Å². The number of hydrogen-bond donors (Lipinski definition) is 2. The summed E-state index contributed by atoms with van der Waals surface area (Å²) < 4.78 is 1.91. The molecule has 18 heavy (non-hydrogen) atoms. The zero-order valence-electron chi connectivity index (χ0n) is 9.74. The Morgan fingerprint density at radius 2 is 1.83 bits per heavy atom. The normalized spacial score (nSPS) is 10.2. The molecule has 4 nitrogen and oxygen atoms in total. The first kappa shape index (κ1) is 13.3. The van der Waals surface area contributed by atoms with Gasteiger partial charge in [-0.2, -0.15) is 0 Å². The molecule has 1 aromatic carbocycles. The van der Waals surface area contributed by atoms with E-state index in [-0.39, 0.29) is 0 Å². The quantitative estimate of drug-likeness (QED) is 0.861. The molecule has 0 amide bonds. The first-order valence-corrected chi connectivity index (χ1v) is 6.96. The Labute approximate surface area is 122 Å². The maximum atomic E-state index is 4.21. The van der Waals surface area contributed by atoms with Crippen molar-refractivity contribution < 1.29 is 0 Å². The molecule has 6 heteroatoms. The maximum Gasteiger partial charge on any atom is 0.146 e. The highest BCUT2D eigenvalue weighted by atomic mass is 79.9. The smallest absolute Gasteiger partial charge is 0.146 e. The van der Waals surface area contributed by atoms with Gasteiger partial charge >= 0.3 is 0 Å². The van der Waals surface area contributed by atoms with Crippen molar-refractivity contribution in [2.75, 3.05) is 17.7 Å². The highest BCUT2D eigenvalue weighted by Crippen LogP contribution is 2.27. The molecular formula is C12H12Br2N4. The first-order chi connectivity index (χ1) is 8.72. The molecule has 0 saturated carbocycles. The SMILES string of the molecule is CNc1ncnc(NCc2ccccc2Br)c1Br. The standard InChI is InChI=1S/C12H12Br2N4/c1-15-11-10(14)12(18-7-17-11)16-6-8-4-2-3-5-9(8)13/h2-5,7H,6H2,1H3,(H2,15,16,17,18). The molecule has 0 aliphatic carbocycles. The monoisotopic (exact) mass is 370 g/mol. The Morgan fingerprint density at radius 1 is 1.11 bits per heavy atom. The lowest BCUT2D eigenvalue weighted by Crippen LogP contribution is -2.05. The van der Waals surface area contributed by atoms with Gasteiger partial charge in [0, 0.05) is 18.1 Å². The van der Waals surface area contributed by atoms with E-state index >= 15 is 0 Å². The molecule has 0 unspecified atom stereocenters. The zero-order chi connectivity index (χ0) is 13.0. The summed E-state index contributed by atoms with van der Waals surface area (Å²) in [7, 11) is 1.82. The van der Waals surface area contributed by atoms with E-state index in [4.69, 9.17) is 0 Å². The number of hydrogen-bond acceptors (Lipinski definition) is 4. The average molecular weight is 372 g/mol. The van der Waals surface area contributed by atoms with Gasteiger partial charge in [-0.15, -0.1) is 0 Å². The summed E-state index contributed by atoms with van der Waals surface area (Å²) in [6, 6.07) is 8.08. The van der Waals surface area contributed by atoms with Crippen LogP contribution in [0.25, 0.3) is 0 Å². The molecular weight excluding hydrogens is 360 g/mol.